The molecule has 1 unspecified atom stereocenters. The predicted molar refractivity (Wildman–Crippen MR) is 66.5 cm³/mol. The lowest BCUT2D eigenvalue weighted by Crippen LogP contribution is -2.29. The molecule has 0 aliphatic rings. The Labute approximate surface area is 101 Å². The summed E-state index contributed by atoms with van der Waals surface area (Å²) < 4.78 is 0. The van der Waals surface area contributed by atoms with Gasteiger partial charge in [0.15, 0.2) is 0 Å². The number of benzene rings is 1. The minimum atomic E-state index is -0.184. The molecule has 88 valence electrons. The number of rotatable bonds is 5. The molecule has 1 amide bonds. The lowest BCUT2D eigenvalue weighted by atomic mass is 10.0. The van der Waals surface area contributed by atoms with Crippen LogP contribution in [0.4, 0.5) is 0 Å². The highest BCUT2D eigenvalue weighted by atomic mass is 35.5. The molecular formula is C12H17ClN2O. The fraction of sp³-hybridized carbons (Fsp3) is 0.417. The van der Waals surface area contributed by atoms with E-state index in [1.54, 1.807) is 6.07 Å². The van der Waals surface area contributed by atoms with Crippen LogP contribution >= 0.6 is 11.6 Å². The van der Waals surface area contributed by atoms with Crippen molar-refractivity contribution in [3.8, 4) is 0 Å². The molecular weight excluding hydrogens is 224 g/mol. The average Bonchev–Trinajstić information content (AvgIpc) is 2.28. The van der Waals surface area contributed by atoms with E-state index in [4.69, 9.17) is 17.3 Å². The van der Waals surface area contributed by atoms with Crippen molar-refractivity contribution in [2.45, 2.75) is 19.3 Å². The number of nitrogens with one attached hydrogen (secondary N) is 1. The van der Waals surface area contributed by atoms with Crippen molar-refractivity contribution in [2.24, 2.45) is 5.73 Å². The summed E-state index contributed by atoms with van der Waals surface area (Å²) in [6, 6.07) is 7.36. The van der Waals surface area contributed by atoms with E-state index in [9.17, 15) is 4.79 Å². The van der Waals surface area contributed by atoms with Crippen LogP contribution in [-0.4, -0.2) is 19.0 Å². The topological polar surface area (TPSA) is 55.1 Å². The average molecular weight is 241 g/mol. The van der Waals surface area contributed by atoms with Crippen LogP contribution in [0.2, 0.25) is 5.02 Å². The Kier molecular flexibility index (Phi) is 5.29. The predicted octanol–water partition coefficient (Wildman–Crippen LogP) is 1.91. The zero-order chi connectivity index (χ0) is 12.0. The van der Waals surface area contributed by atoms with Gasteiger partial charge in [0, 0.05) is 11.6 Å². The molecule has 0 saturated heterocycles. The van der Waals surface area contributed by atoms with Gasteiger partial charge in [-0.25, -0.2) is 0 Å². The van der Waals surface area contributed by atoms with Gasteiger partial charge in [-0.05, 0) is 37.6 Å². The highest BCUT2D eigenvalue weighted by Gasteiger charge is 2.14. The summed E-state index contributed by atoms with van der Waals surface area (Å²) in [6.07, 6.45) is 0.800. The maximum absolute atomic E-state index is 11.7. The third-order valence-corrected chi connectivity index (χ3v) is 2.66. The van der Waals surface area contributed by atoms with E-state index in [1.807, 2.05) is 25.1 Å². The molecule has 0 fully saturated rings. The molecule has 0 spiro atoms. The van der Waals surface area contributed by atoms with Gasteiger partial charge >= 0.3 is 0 Å². The van der Waals surface area contributed by atoms with Gasteiger partial charge in [-0.1, -0.05) is 23.7 Å². The van der Waals surface area contributed by atoms with Crippen LogP contribution < -0.4 is 11.1 Å². The summed E-state index contributed by atoms with van der Waals surface area (Å²) in [5.74, 6) is -0.174. The van der Waals surface area contributed by atoms with Crippen molar-refractivity contribution < 1.29 is 4.79 Å². The van der Waals surface area contributed by atoms with Crippen LogP contribution in [0, 0.1) is 0 Å². The van der Waals surface area contributed by atoms with E-state index in [0.29, 0.717) is 18.1 Å². The molecule has 1 aromatic carbocycles. The lowest BCUT2D eigenvalue weighted by molar-refractivity contribution is -0.122. The summed E-state index contributed by atoms with van der Waals surface area (Å²) in [4.78, 5) is 11.7. The first kappa shape index (κ1) is 13.0. The molecule has 1 atom stereocenters. The number of carbonyl (C=O) groups is 1. The Morgan fingerprint density at radius 1 is 1.56 bits per heavy atom. The van der Waals surface area contributed by atoms with E-state index in [1.165, 1.54) is 0 Å². The van der Waals surface area contributed by atoms with Crippen LogP contribution in [0.5, 0.6) is 0 Å². The zero-order valence-electron chi connectivity index (χ0n) is 9.37. The van der Waals surface area contributed by atoms with Gasteiger partial charge in [-0.2, -0.15) is 0 Å². The van der Waals surface area contributed by atoms with Gasteiger partial charge in [-0.15, -0.1) is 0 Å². The molecule has 3 nitrogen and oxygen atoms in total. The maximum atomic E-state index is 11.7. The minimum absolute atomic E-state index is 0.00992. The van der Waals surface area contributed by atoms with Crippen LogP contribution in [-0.2, 0) is 4.79 Å². The van der Waals surface area contributed by atoms with Gasteiger partial charge in [0.1, 0.15) is 0 Å². The SMILES string of the molecule is CC(C(=O)NCCCN)c1cccc(Cl)c1. The molecule has 1 rings (SSSR count). The molecule has 0 radical (unpaired) electrons. The maximum Gasteiger partial charge on any atom is 0.227 e. The molecule has 0 bridgehead atoms. The van der Waals surface area contributed by atoms with E-state index < -0.39 is 0 Å². The first-order chi connectivity index (χ1) is 7.65. The lowest BCUT2D eigenvalue weighted by Gasteiger charge is -2.12. The molecule has 16 heavy (non-hydrogen) atoms. The van der Waals surface area contributed by atoms with Crippen molar-refractivity contribution in [3.63, 3.8) is 0 Å². The first-order valence-corrected chi connectivity index (χ1v) is 5.76. The number of halogens is 1. The van der Waals surface area contributed by atoms with Crippen LogP contribution in [0.25, 0.3) is 0 Å². The molecule has 0 aliphatic carbocycles. The van der Waals surface area contributed by atoms with E-state index >= 15 is 0 Å². The highest BCUT2D eigenvalue weighted by Crippen LogP contribution is 2.19. The Bertz CT molecular complexity index is 355. The normalized spacial score (nSPS) is 12.2. The van der Waals surface area contributed by atoms with Gasteiger partial charge < -0.3 is 11.1 Å². The molecule has 1 aromatic rings. The monoisotopic (exact) mass is 240 g/mol. The van der Waals surface area contributed by atoms with Crippen molar-refractivity contribution in [1.29, 1.82) is 0 Å². The minimum Gasteiger partial charge on any atom is -0.356 e. The van der Waals surface area contributed by atoms with E-state index in [0.717, 1.165) is 12.0 Å². The number of carbonyl (C=O) groups excluding carboxylic acids is 1. The largest absolute Gasteiger partial charge is 0.356 e. The summed E-state index contributed by atoms with van der Waals surface area (Å²) in [6.45, 7) is 3.08. The summed E-state index contributed by atoms with van der Waals surface area (Å²) in [5, 5.41) is 3.49. The quantitative estimate of drug-likeness (QED) is 0.773. The van der Waals surface area contributed by atoms with E-state index in [-0.39, 0.29) is 11.8 Å². The van der Waals surface area contributed by atoms with Gasteiger partial charge in [0.05, 0.1) is 5.92 Å². The molecule has 4 heteroatoms. The first-order valence-electron chi connectivity index (χ1n) is 5.38. The molecule has 0 aliphatic heterocycles. The van der Waals surface area contributed by atoms with Gasteiger partial charge in [0.25, 0.3) is 0 Å². The molecule has 0 heterocycles. The van der Waals surface area contributed by atoms with Crippen LogP contribution in [0.1, 0.15) is 24.8 Å². The molecule has 3 N–H and O–H groups in total. The summed E-state index contributed by atoms with van der Waals surface area (Å²) in [7, 11) is 0. The Balaban J connectivity index is 2.56. The highest BCUT2D eigenvalue weighted by molar-refractivity contribution is 6.30. The smallest absolute Gasteiger partial charge is 0.227 e. The zero-order valence-corrected chi connectivity index (χ0v) is 10.1. The van der Waals surface area contributed by atoms with Crippen molar-refractivity contribution in [1.82, 2.24) is 5.32 Å². The van der Waals surface area contributed by atoms with Crippen molar-refractivity contribution >= 4 is 17.5 Å². The number of amides is 1. The second kappa shape index (κ2) is 6.51. The van der Waals surface area contributed by atoms with Crippen LogP contribution in [0.15, 0.2) is 24.3 Å². The third kappa shape index (κ3) is 3.83. The number of hydrogen-bond acceptors (Lipinski definition) is 2. The fourth-order valence-corrected chi connectivity index (χ4v) is 1.59. The summed E-state index contributed by atoms with van der Waals surface area (Å²) >= 11 is 5.87. The molecule has 0 aromatic heterocycles. The van der Waals surface area contributed by atoms with Crippen LogP contribution in [0.3, 0.4) is 0 Å². The Hall–Kier alpha value is -1.06. The standard InChI is InChI=1S/C12H17ClN2O/c1-9(12(16)15-7-3-6-14)10-4-2-5-11(13)8-10/h2,4-5,8-9H,3,6-7,14H2,1H3,(H,15,16). The second-order valence-electron chi connectivity index (χ2n) is 3.71. The van der Waals surface area contributed by atoms with Gasteiger partial charge in [0.2, 0.25) is 5.91 Å². The van der Waals surface area contributed by atoms with Crippen molar-refractivity contribution in [3.05, 3.63) is 34.9 Å². The Morgan fingerprint density at radius 3 is 2.94 bits per heavy atom. The second-order valence-corrected chi connectivity index (χ2v) is 4.15. The summed E-state index contributed by atoms with van der Waals surface area (Å²) in [5.41, 5.74) is 6.28. The third-order valence-electron chi connectivity index (χ3n) is 2.42. The van der Waals surface area contributed by atoms with Crippen molar-refractivity contribution in [2.75, 3.05) is 13.1 Å². The number of nitrogens with two attached hydrogens (primary N) is 1. The fourth-order valence-electron chi connectivity index (χ4n) is 1.39. The van der Waals surface area contributed by atoms with Gasteiger partial charge in [-0.3, -0.25) is 4.79 Å². The van der Waals surface area contributed by atoms with E-state index in [2.05, 4.69) is 5.32 Å². The Morgan fingerprint density at radius 2 is 2.31 bits per heavy atom. The molecule has 0 saturated carbocycles. The number of hydrogen-bond donors (Lipinski definition) is 2.